The Kier molecular flexibility index (Phi) is 5.68. The molecule has 3 heteroatoms. The molecule has 0 aliphatic carbocycles. The summed E-state index contributed by atoms with van der Waals surface area (Å²) in [6, 6.07) is 33.4. The van der Waals surface area contributed by atoms with Gasteiger partial charge in [0.05, 0.1) is 33.1 Å². The Morgan fingerprint density at radius 1 is 0.396 bits per heavy atom. The molecular weight excluding hydrogens is 645 g/mol. The number of benzene rings is 6. The summed E-state index contributed by atoms with van der Waals surface area (Å²) >= 11 is 0. The summed E-state index contributed by atoms with van der Waals surface area (Å²) in [4.78, 5) is 0. The molecule has 5 aromatic heterocycles. The fraction of sp³-hybridized carbons (Fsp3) is 0.280. The van der Waals surface area contributed by atoms with Gasteiger partial charge in [-0.15, -0.1) is 0 Å². The number of nitrogens with zero attached hydrogens (tertiary/aromatic N) is 2. The van der Waals surface area contributed by atoms with Gasteiger partial charge in [-0.2, -0.15) is 0 Å². The van der Waals surface area contributed by atoms with Crippen molar-refractivity contribution in [2.45, 2.75) is 91.9 Å². The van der Waals surface area contributed by atoms with Gasteiger partial charge >= 0.3 is 0 Å². The van der Waals surface area contributed by atoms with E-state index in [1.54, 1.807) is 0 Å². The van der Waals surface area contributed by atoms with E-state index in [0.29, 0.717) is 0 Å². The van der Waals surface area contributed by atoms with Crippen LogP contribution in [-0.4, -0.2) is 8.80 Å². The van der Waals surface area contributed by atoms with Crippen LogP contribution in [-0.2, 0) is 22.7 Å². The van der Waals surface area contributed by atoms with E-state index >= 15 is 0 Å². The molecule has 11 aromatic rings. The molecule has 5 heterocycles. The topological polar surface area (TPSA) is 22.0 Å². The maximum absolute atomic E-state index is 6.86. The van der Waals surface area contributed by atoms with E-state index in [9.17, 15) is 0 Å². The first-order chi connectivity index (χ1) is 25.1. The monoisotopic (exact) mass is 690 g/mol. The van der Waals surface area contributed by atoms with Crippen LogP contribution in [0, 0.1) is 0 Å². The van der Waals surface area contributed by atoms with Crippen molar-refractivity contribution in [2.24, 2.45) is 0 Å². The van der Waals surface area contributed by atoms with Gasteiger partial charge in [0.25, 0.3) is 0 Å². The summed E-state index contributed by atoms with van der Waals surface area (Å²) in [6.07, 6.45) is 1.000. The maximum atomic E-state index is 6.86. The molecule has 262 valence electrons. The Morgan fingerprint density at radius 3 is 1.17 bits per heavy atom. The molecule has 11 rings (SSSR count). The molecule has 6 aromatic carbocycles. The Balaban J connectivity index is 1.27. The lowest BCUT2D eigenvalue weighted by atomic mass is 9.84. The van der Waals surface area contributed by atoms with Gasteiger partial charge < -0.3 is 13.2 Å². The van der Waals surface area contributed by atoms with Crippen molar-refractivity contribution in [3.8, 4) is 0 Å². The predicted molar refractivity (Wildman–Crippen MR) is 229 cm³/mol. The van der Waals surface area contributed by atoms with Crippen LogP contribution in [0.5, 0.6) is 0 Å². The number of hydrogen-bond acceptors (Lipinski definition) is 1. The molecule has 3 nitrogen and oxygen atoms in total. The van der Waals surface area contributed by atoms with Gasteiger partial charge in [-0.1, -0.05) is 81.4 Å². The van der Waals surface area contributed by atoms with Crippen LogP contribution in [0.4, 0.5) is 0 Å². The van der Waals surface area contributed by atoms with Gasteiger partial charge in [0.1, 0.15) is 11.2 Å². The Labute approximate surface area is 309 Å². The minimum Gasteiger partial charge on any atom is -0.456 e. The van der Waals surface area contributed by atoms with Crippen molar-refractivity contribution in [1.29, 1.82) is 0 Å². The molecule has 0 atom stereocenters. The summed E-state index contributed by atoms with van der Waals surface area (Å²) in [5.41, 5.74) is 15.2. The van der Waals surface area contributed by atoms with E-state index in [1.165, 1.54) is 109 Å². The van der Waals surface area contributed by atoms with Crippen molar-refractivity contribution in [1.82, 2.24) is 8.80 Å². The second-order valence-electron chi connectivity index (χ2n) is 19.0. The van der Waals surface area contributed by atoms with Gasteiger partial charge in [0.15, 0.2) is 0 Å². The summed E-state index contributed by atoms with van der Waals surface area (Å²) in [6.45, 7) is 23.1. The lowest BCUT2D eigenvalue weighted by molar-refractivity contribution is 0.590. The number of aryl methyl sites for hydroxylation is 1. The van der Waals surface area contributed by atoms with Gasteiger partial charge in [-0.25, -0.2) is 0 Å². The average molecular weight is 691 g/mol. The zero-order chi connectivity index (χ0) is 36.7. The highest BCUT2D eigenvalue weighted by atomic mass is 16.3. The molecule has 0 saturated carbocycles. The first kappa shape index (κ1) is 31.3. The van der Waals surface area contributed by atoms with Crippen LogP contribution in [0.2, 0.25) is 0 Å². The summed E-state index contributed by atoms with van der Waals surface area (Å²) in [5, 5.41) is 12.8. The molecule has 0 aliphatic heterocycles. The molecule has 0 N–H and O–H groups in total. The first-order valence-electron chi connectivity index (χ1n) is 19.4. The zero-order valence-electron chi connectivity index (χ0n) is 32.6. The smallest absolute Gasteiger partial charge is 0.136 e. The van der Waals surface area contributed by atoms with Gasteiger partial charge in [-0.05, 0) is 118 Å². The van der Waals surface area contributed by atoms with Crippen molar-refractivity contribution in [2.75, 3.05) is 0 Å². The number of hydrogen-bond donors (Lipinski definition) is 0. The SMILES string of the molecule is CCc1cc2c3cc(C(C)(C)C)ccc3n3c4cc5c(cc4c(c1)c23)oc1cc2c3cc(C(C)(C)C)cc4c6cc(C(C)(C)C)ccc6n(c2cc15)c43. The van der Waals surface area contributed by atoms with Crippen molar-refractivity contribution in [3.05, 3.63) is 107 Å². The van der Waals surface area contributed by atoms with E-state index in [4.69, 9.17) is 4.42 Å². The largest absolute Gasteiger partial charge is 0.456 e. The molecule has 0 fully saturated rings. The minimum atomic E-state index is 0.0177. The van der Waals surface area contributed by atoms with Crippen molar-refractivity contribution in [3.63, 3.8) is 0 Å². The maximum Gasteiger partial charge on any atom is 0.136 e. The third-order valence-corrected chi connectivity index (χ3v) is 12.6. The first-order valence-corrected chi connectivity index (χ1v) is 19.4. The molecule has 0 unspecified atom stereocenters. The fourth-order valence-electron chi connectivity index (χ4n) is 9.48. The number of fused-ring (bicyclic) bond motifs is 15. The van der Waals surface area contributed by atoms with Crippen LogP contribution in [0.25, 0.3) is 98.1 Å². The van der Waals surface area contributed by atoms with E-state index in [2.05, 4.69) is 163 Å². The lowest BCUT2D eigenvalue weighted by Gasteiger charge is -2.20. The highest BCUT2D eigenvalue weighted by Gasteiger charge is 2.26. The quantitative estimate of drug-likeness (QED) is 0.168. The Bertz CT molecular complexity index is 3360. The standard InChI is InChI=1S/C50H46N2O/c1-11-26-16-36-30-18-27(48(2,3)4)12-14-40(30)51-42-22-34-35-23-43-33(25-45(35)53-44(34)24-32(42)37(17-26)46(36)51)39-21-29(50(8,9)10)20-38-31-19-28(49(5,6)7)13-15-41(31)52(43)47(38)39/h12-25H,11H2,1-10H3. The third-order valence-electron chi connectivity index (χ3n) is 12.6. The normalized spacial score (nSPS) is 13.9. The molecule has 0 bridgehead atoms. The van der Waals surface area contributed by atoms with Crippen molar-refractivity contribution >= 4 is 98.1 Å². The number of aromatic nitrogens is 2. The third kappa shape index (κ3) is 4.01. The van der Waals surface area contributed by atoms with Crippen molar-refractivity contribution < 1.29 is 4.42 Å². The molecule has 0 radical (unpaired) electrons. The van der Waals surface area contributed by atoms with Gasteiger partial charge in [0, 0.05) is 53.9 Å². The van der Waals surface area contributed by atoms with Crippen LogP contribution in [0.15, 0.2) is 89.3 Å². The predicted octanol–water partition coefficient (Wildman–Crippen LogP) is 14.3. The van der Waals surface area contributed by atoms with Gasteiger partial charge in [-0.3, -0.25) is 0 Å². The van der Waals surface area contributed by atoms with E-state index < -0.39 is 0 Å². The molecule has 0 saturated heterocycles. The number of rotatable bonds is 1. The van der Waals surface area contributed by atoms with Crippen LogP contribution < -0.4 is 0 Å². The summed E-state index contributed by atoms with van der Waals surface area (Å²) in [7, 11) is 0. The number of furan rings is 1. The fourth-order valence-corrected chi connectivity index (χ4v) is 9.48. The van der Waals surface area contributed by atoms with E-state index in [-0.39, 0.29) is 16.2 Å². The lowest BCUT2D eigenvalue weighted by Crippen LogP contribution is -2.11. The second kappa shape index (κ2) is 9.63. The van der Waals surface area contributed by atoms with Gasteiger partial charge in [0.2, 0.25) is 0 Å². The Morgan fingerprint density at radius 2 is 0.774 bits per heavy atom. The van der Waals surface area contributed by atoms with E-state index in [1.807, 2.05) is 0 Å². The minimum absolute atomic E-state index is 0.0177. The van der Waals surface area contributed by atoms with E-state index in [0.717, 1.165) is 17.6 Å². The van der Waals surface area contributed by atoms with Crippen LogP contribution in [0.1, 0.15) is 91.5 Å². The highest BCUT2D eigenvalue weighted by Crippen LogP contribution is 2.47. The highest BCUT2D eigenvalue weighted by molar-refractivity contribution is 6.28. The summed E-state index contributed by atoms with van der Waals surface area (Å²) in [5.74, 6) is 0. The Hall–Kier alpha value is -5.28. The molecule has 53 heavy (non-hydrogen) atoms. The molecule has 0 spiro atoms. The van der Waals surface area contributed by atoms with Crippen LogP contribution in [0.3, 0.4) is 0 Å². The molecular formula is C50H46N2O. The molecule has 0 amide bonds. The zero-order valence-corrected chi connectivity index (χ0v) is 32.6. The molecule has 0 aliphatic rings. The van der Waals surface area contributed by atoms with Crippen LogP contribution >= 0.6 is 0 Å². The average Bonchev–Trinajstić information content (AvgIpc) is 3.88. The second-order valence-corrected chi connectivity index (χ2v) is 19.0. The summed E-state index contributed by atoms with van der Waals surface area (Å²) < 4.78 is 11.9.